The van der Waals surface area contributed by atoms with Crippen LogP contribution in [-0.4, -0.2) is 53.3 Å². The molecule has 4 rings (SSSR count). The fourth-order valence-electron chi connectivity index (χ4n) is 4.11. The zero-order valence-corrected chi connectivity index (χ0v) is 21.5. The van der Waals surface area contributed by atoms with Gasteiger partial charge in [0.15, 0.2) is 0 Å². The molecule has 1 aliphatic heterocycles. The summed E-state index contributed by atoms with van der Waals surface area (Å²) in [6, 6.07) is 7.23. The van der Waals surface area contributed by atoms with Gasteiger partial charge < -0.3 is 15.5 Å². The molecule has 2 heterocycles. The van der Waals surface area contributed by atoms with Crippen molar-refractivity contribution in [2.24, 2.45) is 0 Å². The predicted octanol–water partition coefficient (Wildman–Crippen LogP) is 4.23. The number of carbonyl (C=O) groups excluding carboxylic acids is 3. The minimum absolute atomic E-state index is 0.0347. The van der Waals surface area contributed by atoms with Crippen LogP contribution in [0.2, 0.25) is 0 Å². The summed E-state index contributed by atoms with van der Waals surface area (Å²) in [6.45, 7) is 5.06. The maximum Gasteiger partial charge on any atom is 0.269 e. The number of carbonyl (C=O) groups is 3. The Labute approximate surface area is 213 Å². The molecule has 3 amide bonds. The second-order valence-corrected chi connectivity index (χ2v) is 9.27. The molecule has 1 saturated heterocycles. The number of aromatic nitrogens is 1. The second kappa shape index (κ2) is 12.6. The Kier molecular flexibility index (Phi) is 9.54. The average Bonchev–Trinajstić information content (AvgIpc) is 3.34. The van der Waals surface area contributed by atoms with Gasteiger partial charge in [0.1, 0.15) is 17.6 Å². The van der Waals surface area contributed by atoms with Gasteiger partial charge in [-0.3, -0.25) is 14.4 Å². The van der Waals surface area contributed by atoms with Crippen LogP contribution in [0.25, 0.3) is 10.9 Å². The van der Waals surface area contributed by atoms with Gasteiger partial charge in [-0.25, -0.2) is 9.37 Å². The molecule has 0 bridgehead atoms. The molecule has 2 aliphatic rings. The van der Waals surface area contributed by atoms with E-state index in [0.29, 0.717) is 29.7 Å². The number of allylic oxidation sites excluding steroid dienone is 2. The SMILES string of the molecule is CCNC(=O)c1ccc2cc(F)ccc2n1.C[C@H](NC(=O)C1CCCN1C=O)C1=CCCC=C1Br. The van der Waals surface area contributed by atoms with Crippen molar-refractivity contribution in [3.63, 3.8) is 0 Å². The first-order chi connectivity index (χ1) is 16.8. The molecule has 0 spiro atoms. The van der Waals surface area contributed by atoms with Crippen LogP contribution in [0.1, 0.15) is 50.0 Å². The van der Waals surface area contributed by atoms with Crippen LogP contribution in [-0.2, 0) is 9.59 Å². The number of nitrogens with one attached hydrogen (secondary N) is 2. The minimum atomic E-state index is -0.306. The molecular formula is C26H30BrFN4O3. The molecule has 9 heteroatoms. The van der Waals surface area contributed by atoms with E-state index in [0.717, 1.165) is 42.1 Å². The first-order valence-electron chi connectivity index (χ1n) is 11.8. The predicted molar refractivity (Wildman–Crippen MR) is 137 cm³/mol. The number of fused-ring (bicyclic) bond motifs is 1. The van der Waals surface area contributed by atoms with Crippen molar-refractivity contribution < 1.29 is 18.8 Å². The van der Waals surface area contributed by atoms with Crippen molar-refractivity contribution in [3.8, 4) is 0 Å². The normalized spacial score (nSPS) is 18.1. The van der Waals surface area contributed by atoms with Crippen LogP contribution in [0.3, 0.4) is 0 Å². The molecule has 2 N–H and O–H groups in total. The maximum atomic E-state index is 12.9. The molecule has 35 heavy (non-hydrogen) atoms. The molecule has 1 aromatic carbocycles. The van der Waals surface area contributed by atoms with Gasteiger partial charge in [-0.15, -0.1) is 0 Å². The third-order valence-electron chi connectivity index (χ3n) is 5.91. The summed E-state index contributed by atoms with van der Waals surface area (Å²) in [7, 11) is 0. The van der Waals surface area contributed by atoms with Crippen LogP contribution in [0.15, 0.2) is 52.5 Å². The van der Waals surface area contributed by atoms with E-state index in [9.17, 15) is 18.8 Å². The third-order valence-corrected chi connectivity index (χ3v) is 6.69. The van der Waals surface area contributed by atoms with E-state index in [1.807, 2.05) is 13.8 Å². The van der Waals surface area contributed by atoms with Crippen LogP contribution in [0, 0.1) is 5.82 Å². The second-order valence-electron chi connectivity index (χ2n) is 8.41. The third kappa shape index (κ3) is 6.97. The highest BCUT2D eigenvalue weighted by Crippen LogP contribution is 2.27. The quantitative estimate of drug-likeness (QED) is 0.532. The monoisotopic (exact) mass is 544 g/mol. The van der Waals surface area contributed by atoms with Crippen LogP contribution in [0.5, 0.6) is 0 Å². The maximum absolute atomic E-state index is 12.9. The number of hydrogen-bond acceptors (Lipinski definition) is 4. The summed E-state index contributed by atoms with van der Waals surface area (Å²) in [5, 5.41) is 6.36. The molecule has 1 aliphatic carbocycles. The molecule has 2 atom stereocenters. The van der Waals surface area contributed by atoms with Gasteiger partial charge in [0.2, 0.25) is 12.3 Å². The van der Waals surface area contributed by atoms with Crippen LogP contribution in [0.4, 0.5) is 4.39 Å². The highest BCUT2D eigenvalue weighted by Gasteiger charge is 2.30. The largest absolute Gasteiger partial charge is 0.351 e. The summed E-state index contributed by atoms with van der Waals surface area (Å²) in [5.74, 6) is -0.572. The van der Waals surface area contributed by atoms with E-state index in [2.05, 4.69) is 43.7 Å². The number of pyridine rings is 1. The number of amides is 3. The molecule has 1 unspecified atom stereocenters. The van der Waals surface area contributed by atoms with Crippen LogP contribution < -0.4 is 10.6 Å². The van der Waals surface area contributed by atoms with Gasteiger partial charge in [-0.1, -0.05) is 34.1 Å². The molecule has 0 radical (unpaired) electrons. The Hall–Kier alpha value is -3.07. The van der Waals surface area contributed by atoms with Gasteiger partial charge in [0.25, 0.3) is 5.91 Å². The molecular weight excluding hydrogens is 515 g/mol. The number of hydrogen-bond donors (Lipinski definition) is 2. The molecule has 7 nitrogen and oxygen atoms in total. The smallest absolute Gasteiger partial charge is 0.269 e. The summed E-state index contributed by atoms with van der Waals surface area (Å²) in [4.78, 5) is 40.3. The topological polar surface area (TPSA) is 91.4 Å². The lowest BCUT2D eigenvalue weighted by atomic mass is 10.0. The standard InChI is InChI=1S/C14H19BrN2O2.C12H11FN2O/c1-10(11-5-2-3-6-12(11)15)16-14(19)13-7-4-8-17(13)9-18;1-2-14-12(16)11-5-3-8-7-9(13)4-6-10(8)15-11/h5-6,9-10,13H,2-4,7-8H2,1H3,(H,16,19);3-7H,2H2,1H3,(H,14,16)/t10-,13?;/m0./s1. The first-order valence-corrected chi connectivity index (χ1v) is 12.5. The summed E-state index contributed by atoms with van der Waals surface area (Å²) >= 11 is 3.53. The summed E-state index contributed by atoms with van der Waals surface area (Å²) in [5.41, 5.74) is 2.08. The van der Waals surface area contributed by atoms with E-state index >= 15 is 0 Å². The van der Waals surface area contributed by atoms with Crippen molar-refractivity contribution in [1.29, 1.82) is 0 Å². The number of likely N-dealkylation sites (tertiary alicyclic amines) is 1. The number of benzene rings is 1. The Morgan fingerprint density at radius 1 is 1.26 bits per heavy atom. The number of rotatable bonds is 6. The summed E-state index contributed by atoms with van der Waals surface area (Å²) in [6.07, 6.45) is 8.76. The molecule has 1 aromatic heterocycles. The lowest BCUT2D eigenvalue weighted by Crippen LogP contribution is -2.46. The van der Waals surface area contributed by atoms with Crippen molar-refractivity contribution in [1.82, 2.24) is 20.5 Å². The molecule has 186 valence electrons. The first kappa shape index (κ1) is 26.5. The lowest BCUT2D eigenvalue weighted by Gasteiger charge is -2.24. The van der Waals surface area contributed by atoms with Crippen molar-refractivity contribution in [3.05, 3.63) is 64.1 Å². The molecule has 2 aromatic rings. The zero-order chi connectivity index (χ0) is 25.4. The van der Waals surface area contributed by atoms with Gasteiger partial charge in [-0.2, -0.15) is 0 Å². The van der Waals surface area contributed by atoms with Crippen molar-refractivity contribution >= 4 is 45.1 Å². The average molecular weight is 545 g/mol. The van der Waals surface area contributed by atoms with Gasteiger partial charge >= 0.3 is 0 Å². The zero-order valence-electron chi connectivity index (χ0n) is 19.9. The fraction of sp³-hybridized carbons (Fsp3) is 0.385. The Morgan fingerprint density at radius 3 is 2.74 bits per heavy atom. The van der Waals surface area contributed by atoms with Crippen molar-refractivity contribution in [2.75, 3.05) is 13.1 Å². The Balaban J connectivity index is 0.000000198. The Morgan fingerprint density at radius 2 is 2.03 bits per heavy atom. The number of nitrogens with zero attached hydrogens (tertiary/aromatic N) is 2. The van der Waals surface area contributed by atoms with Gasteiger partial charge in [0, 0.05) is 23.0 Å². The molecule has 0 saturated carbocycles. The highest BCUT2D eigenvalue weighted by molar-refractivity contribution is 9.12. The van der Waals surface area contributed by atoms with E-state index in [1.165, 1.54) is 12.1 Å². The van der Waals surface area contributed by atoms with E-state index < -0.39 is 0 Å². The van der Waals surface area contributed by atoms with E-state index in [1.54, 1.807) is 23.1 Å². The lowest BCUT2D eigenvalue weighted by molar-refractivity contribution is -0.131. The van der Waals surface area contributed by atoms with Gasteiger partial charge in [0.05, 0.1) is 11.6 Å². The van der Waals surface area contributed by atoms with E-state index in [-0.39, 0.29) is 29.7 Å². The Bertz CT molecular complexity index is 1150. The molecule has 1 fully saturated rings. The summed E-state index contributed by atoms with van der Waals surface area (Å²) < 4.78 is 14.0. The number of halogens is 2. The van der Waals surface area contributed by atoms with Gasteiger partial charge in [-0.05, 0) is 69.4 Å². The minimum Gasteiger partial charge on any atom is -0.351 e. The highest BCUT2D eigenvalue weighted by atomic mass is 79.9. The van der Waals surface area contributed by atoms with E-state index in [4.69, 9.17) is 0 Å². The van der Waals surface area contributed by atoms with Crippen LogP contribution >= 0.6 is 15.9 Å². The van der Waals surface area contributed by atoms with Crippen molar-refractivity contribution in [2.45, 2.75) is 51.6 Å². The fourth-order valence-corrected chi connectivity index (χ4v) is 4.84.